The van der Waals surface area contributed by atoms with Gasteiger partial charge in [0.2, 0.25) is 11.9 Å². The lowest BCUT2D eigenvalue weighted by Gasteiger charge is -2.28. The van der Waals surface area contributed by atoms with E-state index in [1.807, 2.05) is 31.2 Å². The van der Waals surface area contributed by atoms with Crippen LogP contribution >= 0.6 is 0 Å². The summed E-state index contributed by atoms with van der Waals surface area (Å²) in [5.41, 5.74) is 1.89. The first-order chi connectivity index (χ1) is 11.8. The van der Waals surface area contributed by atoms with Gasteiger partial charge in [0.05, 0.1) is 30.7 Å². The molecule has 1 atom stereocenters. The molecular formula is C17H22N6O. The minimum absolute atomic E-state index is 0.350. The first kappa shape index (κ1) is 15.3. The number of para-hydroxylation sites is 1. The van der Waals surface area contributed by atoms with Crippen LogP contribution in [0.25, 0.3) is 10.9 Å². The van der Waals surface area contributed by atoms with E-state index in [4.69, 9.17) is 4.74 Å². The van der Waals surface area contributed by atoms with Gasteiger partial charge in [0.25, 0.3) is 0 Å². The van der Waals surface area contributed by atoms with Crippen LogP contribution in [0.3, 0.4) is 0 Å². The lowest BCUT2D eigenvalue weighted by Crippen LogP contribution is -2.48. The second-order valence-electron chi connectivity index (χ2n) is 6.25. The molecule has 1 aromatic carbocycles. The molecule has 3 heterocycles. The van der Waals surface area contributed by atoms with Crippen molar-refractivity contribution in [2.24, 2.45) is 4.99 Å². The molecule has 0 spiro atoms. The zero-order chi connectivity index (χ0) is 16.4. The van der Waals surface area contributed by atoms with Gasteiger partial charge in [-0.2, -0.15) is 0 Å². The molecule has 0 aliphatic carbocycles. The second kappa shape index (κ2) is 6.70. The number of hydrogen-bond acceptors (Lipinski definition) is 7. The van der Waals surface area contributed by atoms with E-state index in [0.29, 0.717) is 24.7 Å². The molecule has 7 heteroatoms. The Labute approximate surface area is 141 Å². The minimum atomic E-state index is 0.350. The standard InChI is InChI=1S/C17H22N6O/c1-12-14-6-2-3-7-15(14)21-17(20-12)22-16-18-10-23(11-19-16)9-13-5-4-8-24-13/h2-3,6-7,13H,4-5,8-11H2,1H3,(H2,18,19,20,21,22)/t13-/m0/s1. The smallest absolute Gasteiger partial charge is 0.230 e. The van der Waals surface area contributed by atoms with Crippen molar-refractivity contribution in [1.29, 1.82) is 0 Å². The molecule has 7 nitrogen and oxygen atoms in total. The Bertz CT molecular complexity index is 756. The van der Waals surface area contributed by atoms with E-state index < -0.39 is 0 Å². The maximum Gasteiger partial charge on any atom is 0.230 e. The van der Waals surface area contributed by atoms with Gasteiger partial charge in [-0.05, 0) is 25.8 Å². The largest absolute Gasteiger partial charge is 0.377 e. The molecule has 0 amide bonds. The predicted molar refractivity (Wildman–Crippen MR) is 93.9 cm³/mol. The van der Waals surface area contributed by atoms with Crippen molar-refractivity contribution in [2.75, 3.05) is 31.8 Å². The molecule has 0 bridgehead atoms. The summed E-state index contributed by atoms with van der Waals surface area (Å²) in [4.78, 5) is 15.9. The number of aliphatic imine (C=N–C) groups is 1. The van der Waals surface area contributed by atoms with Crippen molar-refractivity contribution < 1.29 is 4.74 Å². The van der Waals surface area contributed by atoms with Crippen LogP contribution in [-0.2, 0) is 4.74 Å². The van der Waals surface area contributed by atoms with Crippen molar-refractivity contribution in [2.45, 2.75) is 25.9 Å². The molecule has 2 aliphatic rings. The SMILES string of the molecule is Cc1nc(NC2=NCN(C[C@@H]3CCCO3)CN2)nc2ccccc12. The van der Waals surface area contributed by atoms with Gasteiger partial charge in [0, 0.05) is 18.5 Å². The number of nitrogens with one attached hydrogen (secondary N) is 2. The number of fused-ring (bicyclic) bond motifs is 1. The molecule has 2 aromatic rings. The molecular weight excluding hydrogens is 304 g/mol. The Balaban J connectivity index is 1.41. The molecule has 1 fully saturated rings. The number of benzene rings is 1. The fourth-order valence-electron chi connectivity index (χ4n) is 3.14. The molecule has 2 N–H and O–H groups in total. The van der Waals surface area contributed by atoms with Crippen molar-refractivity contribution in [3.8, 4) is 0 Å². The van der Waals surface area contributed by atoms with Crippen LogP contribution in [0.4, 0.5) is 5.95 Å². The van der Waals surface area contributed by atoms with Crippen molar-refractivity contribution in [3.63, 3.8) is 0 Å². The van der Waals surface area contributed by atoms with Crippen LogP contribution in [0, 0.1) is 6.92 Å². The summed E-state index contributed by atoms with van der Waals surface area (Å²) in [6, 6.07) is 8.02. The summed E-state index contributed by atoms with van der Waals surface area (Å²) < 4.78 is 5.68. The number of ether oxygens (including phenoxy) is 1. The quantitative estimate of drug-likeness (QED) is 0.894. The van der Waals surface area contributed by atoms with Crippen molar-refractivity contribution >= 4 is 22.8 Å². The molecule has 4 rings (SSSR count). The highest BCUT2D eigenvalue weighted by atomic mass is 16.5. The van der Waals surface area contributed by atoms with Crippen LogP contribution in [0.15, 0.2) is 29.3 Å². The fourth-order valence-corrected chi connectivity index (χ4v) is 3.14. The van der Waals surface area contributed by atoms with Gasteiger partial charge in [0.1, 0.15) is 0 Å². The Morgan fingerprint density at radius 3 is 3.04 bits per heavy atom. The normalized spacial score (nSPS) is 21.5. The zero-order valence-corrected chi connectivity index (χ0v) is 13.8. The highest BCUT2D eigenvalue weighted by Gasteiger charge is 2.21. The van der Waals surface area contributed by atoms with Crippen molar-refractivity contribution in [1.82, 2.24) is 20.2 Å². The number of nitrogens with zero attached hydrogens (tertiary/aromatic N) is 4. The third-order valence-corrected chi connectivity index (χ3v) is 4.41. The average Bonchev–Trinajstić information content (AvgIpc) is 3.10. The number of aromatic nitrogens is 2. The van der Waals surface area contributed by atoms with E-state index >= 15 is 0 Å². The van der Waals surface area contributed by atoms with E-state index in [1.54, 1.807) is 0 Å². The highest BCUT2D eigenvalue weighted by Crippen LogP contribution is 2.17. The maximum atomic E-state index is 5.68. The summed E-state index contributed by atoms with van der Waals surface area (Å²) in [5.74, 6) is 1.29. The molecule has 1 saturated heterocycles. The topological polar surface area (TPSA) is 74.7 Å². The van der Waals surface area contributed by atoms with E-state index in [2.05, 4.69) is 30.5 Å². The molecule has 0 radical (unpaired) electrons. The zero-order valence-electron chi connectivity index (χ0n) is 13.8. The number of anilines is 1. The summed E-state index contributed by atoms with van der Waals surface area (Å²) >= 11 is 0. The third-order valence-electron chi connectivity index (χ3n) is 4.41. The van der Waals surface area contributed by atoms with Crippen LogP contribution in [0.1, 0.15) is 18.5 Å². The van der Waals surface area contributed by atoms with Gasteiger partial charge >= 0.3 is 0 Å². The number of hydrogen-bond donors (Lipinski definition) is 2. The third kappa shape index (κ3) is 3.32. The minimum Gasteiger partial charge on any atom is -0.377 e. The number of guanidine groups is 1. The molecule has 2 aliphatic heterocycles. The van der Waals surface area contributed by atoms with Gasteiger partial charge in [0.15, 0.2) is 0 Å². The van der Waals surface area contributed by atoms with Gasteiger partial charge in [-0.1, -0.05) is 18.2 Å². The van der Waals surface area contributed by atoms with E-state index in [0.717, 1.165) is 42.8 Å². The van der Waals surface area contributed by atoms with Crippen LogP contribution in [0.2, 0.25) is 0 Å². The monoisotopic (exact) mass is 326 g/mol. The summed E-state index contributed by atoms with van der Waals surface area (Å²) in [5, 5.41) is 7.55. The van der Waals surface area contributed by atoms with Crippen molar-refractivity contribution in [3.05, 3.63) is 30.0 Å². The molecule has 24 heavy (non-hydrogen) atoms. The number of aryl methyl sites for hydroxylation is 1. The van der Waals surface area contributed by atoms with Gasteiger partial charge in [-0.3, -0.25) is 10.2 Å². The summed E-state index contributed by atoms with van der Waals surface area (Å²) in [7, 11) is 0. The highest BCUT2D eigenvalue weighted by molar-refractivity contribution is 5.93. The van der Waals surface area contributed by atoms with Gasteiger partial charge in [-0.15, -0.1) is 0 Å². The van der Waals surface area contributed by atoms with Crippen LogP contribution in [-0.4, -0.2) is 53.4 Å². The fraction of sp³-hybridized carbons (Fsp3) is 0.471. The summed E-state index contributed by atoms with van der Waals surface area (Å²) in [6.07, 6.45) is 2.67. The molecule has 1 aromatic heterocycles. The van der Waals surface area contributed by atoms with Crippen LogP contribution in [0.5, 0.6) is 0 Å². The van der Waals surface area contributed by atoms with Gasteiger partial charge in [-0.25, -0.2) is 15.0 Å². The van der Waals surface area contributed by atoms with E-state index in [-0.39, 0.29) is 0 Å². The Hall–Kier alpha value is -2.25. The summed E-state index contributed by atoms with van der Waals surface area (Å²) in [6.45, 7) is 5.21. The first-order valence-electron chi connectivity index (χ1n) is 8.40. The lowest BCUT2D eigenvalue weighted by molar-refractivity contribution is 0.0715. The Morgan fingerprint density at radius 2 is 2.25 bits per heavy atom. The van der Waals surface area contributed by atoms with Crippen LogP contribution < -0.4 is 10.6 Å². The number of rotatable bonds is 3. The van der Waals surface area contributed by atoms with E-state index in [1.165, 1.54) is 6.42 Å². The lowest BCUT2D eigenvalue weighted by atomic mass is 10.2. The van der Waals surface area contributed by atoms with E-state index in [9.17, 15) is 0 Å². The average molecular weight is 326 g/mol. The van der Waals surface area contributed by atoms with Gasteiger partial charge < -0.3 is 10.1 Å². The maximum absolute atomic E-state index is 5.68. The Morgan fingerprint density at radius 1 is 1.33 bits per heavy atom. The Kier molecular flexibility index (Phi) is 4.27. The molecule has 0 unspecified atom stereocenters. The molecule has 126 valence electrons. The molecule has 0 saturated carbocycles. The first-order valence-corrected chi connectivity index (χ1v) is 8.40. The second-order valence-corrected chi connectivity index (χ2v) is 6.25. The predicted octanol–water partition coefficient (Wildman–Crippen LogP) is 1.71.